The second-order valence-electron chi connectivity index (χ2n) is 3.66. The Bertz CT molecular complexity index is 555. The molecule has 0 radical (unpaired) electrons. The number of hydrogen-bond acceptors (Lipinski definition) is 4. The molecule has 0 aliphatic rings. The zero-order valence-electron chi connectivity index (χ0n) is 9.83. The van der Waals surface area contributed by atoms with Crippen LogP contribution in [0.2, 0.25) is 0 Å². The van der Waals surface area contributed by atoms with Crippen LogP contribution in [0.15, 0.2) is 36.7 Å². The summed E-state index contributed by atoms with van der Waals surface area (Å²) in [5.41, 5.74) is 1.96. The molecular weight excluding hydrogens is 232 g/mol. The van der Waals surface area contributed by atoms with Gasteiger partial charge in [0.15, 0.2) is 0 Å². The predicted octanol–water partition coefficient (Wildman–Crippen LogP) is 1.78. The van der Waals surface area contributed by atoms with Gasteiger partial charge in [0.25, 0.3) is 0 Å². The fraction of sp³-hybridized carbons (Fsp3) is 0.154. The van der Waals surface area contributed by atoms with Gasteiger partial charge in [-0.2, -0.15) is 0 Å². The average Bonchev–Trinajstić information content (AvgIpc) is 2.39. The maximum absolute atomic E-state index is 10.7. The lowest BCUT2D eigenvalue weighted by atomic mass is 10.1. The van der Waals surface area contributed by atoms with Crippen LogP contribution in [-0.4, -0.2) is 28.2 Å². The molecule has 0 aliphatic heterocycles. The third kappa shape index (κ3) is 2.63. The van der Waals surface area contributed by atoms with E-state index < -0.39 is 5.97 Å². The van der Waals surface area contributed by atoms with Crippen LogP contribution in [-0.2, 0) is 11.2 Å². The van der Waals surface area contributed by atoms with E-state index in [1.165, 1.54) is 0 Å². The molecule has 0 atom stereocenters. The van der Waals surface area contributed by atoms with E-state index in [2.05, 4.69) is 9.97 Å². The van der Waals surface area contributed by atoms with Gasteiger partial charge in [0.05, 0.1) is 19.2 Å². The van der Waals surface area contributed by atoms with Crippen molar-refractivity contribution < 1.29 is 14.6 Å². The number of nitrogens with zero attached hydrogens (tertiary/aromatic N) is 2. The number of hydrogen-bond donors (Lipinski definition) is 1. The third-order valence-electron chi connectivity index (χ3n) is 2.42. The minimum absolute atomic E-state index is 0.109. The number of methoxy groups -OCH3 is 1. The molecule has 2 aromatic heterocycles. The van der Waals surface area contributed by atoms with Gasteiger partial charge in [0.2, 0.25) is 0 Å². The molecular formula is C13H12N2O3. The second-order valence-corrected chi connectivity index (χ2v) is 3.66. The lowest BCUT2D eigenvalue weighted by Crippen LogP contribution is -2.03. The Morgan fingerprint density at radius 1 is 1.28 bits per heavy atom. The smallest absolute Gasteiger partial charge is 0.309 e. The van der Waals surface area contributed by atoms with Crippen LogP contribution in [0.1, 0.15) is 5.69 Å². The molecule has 1 N–H and O–H groups in total. The maximum atomic E-state index is 10.7. The summed E-state index contributed by atoms with van der Waals surface area (Å²) < 4.78 is 5.23. The second kappa shape index (κ2) is 5.27. The van der Waals surface area contributed by atoms with Crippen molar-refractivity contribution in [1.29, 1.82) is 0 Å². The number of carbonyl (C=O) groups is 1. The average molecular weight is 244 g/mol. The van der Waals surface area contributed by atoms with Gasteiger partial charge >= 0.3 is 5.97 Å². The van der Waals surface area contributed by atoms with E-state index in [4.69, 9.17) is 9.84 Å². The lowest BCUT2D eigenvalue weighted by Gasteiger charge is -2.09. The Balaban J connectivity index is 2.46. The van der Waals surface area contributed by atoms with E-state index in [9.17, 15) is 4.79 Å². The fourth-order valence-electron chi connectivity index (χ4n) is 1.62. The summed E-state index contributed by atoms with van der Waals surface area (Å²) in [6.45, 7) is 0. The van der Waals surface area contributed by atoms with Crippen molar-refractivity contribution in [3.05, 3.63) is 42.4 Å². The van der Waals surface area contributed by atoms with Crippen LogP contribution in [0.4, 0.5) is 0 Å². The maximum Gasteiger partial charge on any atom is 0.309 e. The van der Waals surface area contributed by atoms with E-state index in [-0.39, 0.29) is 6.42 Å². The Morgan fingerprint density at radius 3 is 2.61 bits per heavy atom. The standard InChI is InChI=1S/C13H12N2O3/c1-18-11-3-2-10(8-12(16)17)15-13(11)9-4-6-14-7-5-9/h2-7H,8H2,1H3,(H,16,17). The summed E-state index contributed by atoms with van der Waals surface area (Å²) in [4.78, 5) is 18.9. The first kappa shape index (κ1) is 12.0. The van der Waals surface area contributed by atoms with Crippen molar-refractivity contribution in [2.24, 2.45) is 0 Å². The summed E-state index contributed by atoms with van der Waals surface area (Å²) in [7, 11) is 1.55. The molecule has 2 rings (SSSR count). The molecule has 0 bridgehead atoms. The molecule has 0 aliphatic carbocycles. The minimum Gasteiger partial charge on any atom is -0.494 e. The SMILES string of the molecule is COc1ccc(CC(=O)O)nc1-c1ccncc1. The molecule has 0 saturated carbocycles. The van der Waals surface area contributed by atoms with Crippen LogP contribution in [0.25, 0.3) is 11.3 Å². The van der Waals surface area contributed by atoms with Gasteiger partial charge in [-0.15, -0.1) is 0 Å². The normalized spacial score (nSPS) is 10.1. The number of rotatable bonds is 4. The third-order valence-corrected chi connectivity index (χ3v) is 2.42. The molecule has 2 aromatic rings. The summed E-state index contributed by atoms with van der Waals surface area (Å²) in [5.74, 6) is -0.302. The van der Waals surface area contributed by atoms with Gasteiger partial charge in [-0.05, 0) is 24.3 Å². The van der Waals surface area contributed by atoms with Gasteiger partial charge in [-0.3, -0.25) is 9.78 Å². The molecule has 0 fully saturated rings. The molecule has 92 valence electrons. The van der Waals surface area contributed by atoms with Crippen LogP contribution in [0.5, 0.6) is 5.75 Å². The minimum atomic E-state index is -0.909. The predicted molar refractivity (Wildman–Crippen MR) is 65.4 cm³/mol. The summed E-state index contributed by atoms with van der Waals surface area (Å²) >= 11 is 0. The summed E-state index contributed by atoms with van der Waals surface area (Å²) in [5, 5.41) is 8.77. The first-order chi connectivity index (χ1) is 8.70. The van der Waals surface area contributed by atoms with Crippen LogP contribution < -0.4 is 4.74 Å². The molecule has 0 aromatic carbocycles. The number of carboxylic acids is 1. The summed E-state index contributed by atoms with van der Waals surface area (Å²) in [6, 6.07) is 6.98. The van der Waals surface area contributed by atoms with Gasteiger partial charge in [0.1, 0.15) is 11.4 Å². The van der Waals surface area contributed by atoms with Gasteiger partial charge in [-0.25, -0.2) is 4.98 Å². The highest BCUT2D eigenvalue weighted by molar-refractivity contribution is 5.71. The first-order valence-electron chi connectivity index (χ1n) is 5.37. The molecule has 2 heterocycles. The monoisotopic (exact) mass is 244 g/mol. The van der Waals surface area contributed by atoms with E-state index in [1.807, 2.05) is 0 Å². The van der Waals surface area contributed by atoms with E-state index in [0.29, 0.717) is 17.1 Å². The highest BCUT2D eigenvalue weighted by Crippen LogP contribution is 2.27. The zero-order valence-corrected chi connectivity index (χ0v) is 9.83. The molecule has 5 nitrogen and oxygen atoms in total. The number of aliphatic carboxylic acids is 1. The molecule has 0 unspecified atom stereocenters. The first-order valence-corrected chi connectivity index (χ1v) is 5.37. The Morgan fingerprint density at radius 2 is 2.00 bits per heavy atom. The van der Waals surface area contributed by atoms with E-state index in [0.717, 1.165) is 5.56 Å². The van der Waals surface area contributed by atoms with Crippen LogP contribution in [0, 0.1) is 0 Å². The van der Waals surface area contributed by atoms with Gasteiger partial charge in [-0.1, -0.05) is 0 Å². The molecule has 5 heteroatoms. The highest BCUT2D eigenvalue weighted by Gasteiger charge is 2.10. The van der Waals surface area contributed by atoms with Gasteiger partial charge < -0.3 is 9.84 Å². The van der Waals surface area contributed by atoms with E-state index in [1.54, 1.807) is 43.8 Å². The molecule has 0 spiro atoms. The highest BCUT2D eigenvalue weighted by atomic mass is 16.5. The Kier molecular flexibility index (Phi) is 3.52. The number of aromatic nitrogens is 2. The van der Waals surface area contributed by atoms with Crippen molar-refractivity contribution in [1.82, 2.24) is 9.97 Å². The lowest BCUT2D eigenvalue weighted by molar-refractivity contribution is -0.136. The zero-order chi connectivity index (χ0) is 13.0. The van der Waals surface area contributed by atoms with Crippen molar-refractivity contribution in [2.45, 2.75) is 6.42 Å². The van der Waals surface area contributed by atoms with Gasteiger partial charge in [0, 0.05) is 18.0 Å². The molecule has 0 saturated heterocycles. The van der Waals surface area contributed by atoms with Crippen LogP contribution >= 0.6 is 0 Å². The fourth-order valence-corrected chi connectivity index (χ4v) is 1.62. The Hall–Kier alpha value is -2.43. The van der Waals surface area contributed by atoms with Crippen molar-refractivity contribution in [2.75, 3.05) is 7.11 Å². The van der Waals surface area contributed by atoms with E-state index >= 15 is 0 Å². The number of pyridine rings is 2. The molecule has 0 amide bonds. The number of ether oxygens (including phenoxy) is 1. The molecule has 18 heavy (non-hydrogen) atoms. The van der Waals surface area contributed by atoms with Crippen molar-refractivity contribution in [3.8, 4) is 17.0 Å². The van der Waals surface area contributed by atoms with Crippen LogP contribution in [0.3, 0.4) is 0 Å². The number of carboxylic acid groups (broad SMARTS) is 1. The topological polar surface area (TPSA) is 72.3 Å². The van der Waals surface area contributed by atoms with Crippen molar-refractivity contribution >= 4 is 5.97 Å². The Labute approximate surface area is 104 Å². The largest absolute Gasteiger partial charge is 0.494 e. The summed E-state index contributed by atoms with van der Waals surface area (Å²) in [6.07, 6.45) is 3.20. The van der Waals surface area contributed by atoms with Crippen molar-refractivity contribution in [3.63, 3.8) is 0 Å². The quantitative estimate of drug-likeness (QED) is 0.887.